The van der Waals surface area contributed by atoms with E-state index in [0.717, 1.165) is 6.07 Å². The predicted molar refractivity (Wildman–Crippen MR) is 75.9 cm³/mol. The highest BCUT2D eigenvalue weighted by Gasteiger charge is 2.09. The van der Waals surface area contributed by atoms with E-state index in [1.165, 1.54) is 25.3 Å². The lowest BCUT2D eigenvalue weighted by Gasteiger charge is -2.11. The van der Waals surface area contributed by atoms with E-state index in [4.69, 9.17) is 5.73 Å². The third kappa shape index (κ3) is 3.47. The van der Waals surface area contributed by atoms with E-state index in [-0.39, 0.29) is 6.54 Å². The molecule has 0 aliphatic heterocycles. The Balaban J connectivity index is 2.11. The van der Waals surface area contributed by atoms with Gasteiger partial charge in [0.25, 0.3) is 0 Å². The smallest absolute Gasteiger partial charge is 0.337 e. The molecule has 0 heterocycles. The van der Waals surface area contributed by atoms with Crippen molar-refractivity contribution in [3.8, 4) is 0 Å². The summed E-state index contributed by atoms with van der Waals surface area (Å²) in [5, 5.41) is 2.93. The van der Waals surface area contributed by atoms with Crippen molar-refractivity contribution in [2.24, 2.45) is 0 Å². The van der Waals surface area contributed by atoms with Crippen LogP contribution < -0.4 is 11.1 Å². The summed E-state index contributed by atoms with van der Waals surface area (Å²) in [7, 11) is 1.28. The Labute approximate surface area is 120 Å². The molecule has 21 heavy (non-hydrogen) atoms. The number of carbonyl (C=O) groups excluding carboxylic acids is 1. The molecule has 6 heteroatoms. The summed E-state index contributed by atoms with van der Waals surface area (Å²) in [5.41, 5.74) is 7.34. The molecule has 0 aromatic heterocycles. The topological polar surface area (TPSA) is 64.3 Å². The molecule has 3 N–H and O–H groups in total. The van der Waals surface area contributed by atoms with Crippen LogP contribution in [0.1, 0.15) is 15.9 Å². The van der Waals surface area contributed by atoms with Crippen LogP contribution in [0.2, 0.25) is 0 Å². The monoisotopic (exact) mass is 292 g/mol. The lowest BCUT2D eigenvalue weighted by Crippen LogP contribution is -2.07. The summed E-state index contributed by atoms with van der Waals surface area (Å²) in [5.74, 6) is -1.75. The van der Waals surface area contributed by atoms with Crippen molar-refractivity contribution in [3.05, 3.63) is 59.2 Å². The fraction of sp³-hybridized carbons (Fsp3) is 0.133. The number of halogens is 2. The van der Waals surface area contributed by atoms with Crippen molar-refractivity contribution in [3.63, 3.8) is 0 Å². The average Bonchev–Trinajstić information content (AvgIpc) is 2.46. The van der Waals surface area contributed by atoms with Gasteiger partial charge in [0.05, 0.1) is 24.0 Å². The number of methoxy groups -OCH3 is 1. The molecule has 2 rings (SSSR count). The normalized spacial score (nSPS) is 10.2. The Morgan fingerprint density at radius 3 is 2.62 bits per heavy atom. The van der Waals surface area contributed by atoms with Crippen LogP contribution >= 0.6 is 0 Å². The molecule has 0 saturated heterocycles. The highest BCUT2D eigenvalue weighted by atomic mass is 19.1. The van der Waals surface area contributed by atoms with Gasteiger partial charge < -0.3 is 15.8 Å². The van der Waals surface area contributed by atoms with Crippen molar-refractivity contribution in [1.82, 2.24) is 0 Å². The second-order valence-electron chi connectivity index (χ2n) is 4.38. The summed E-state index contributed by atoms with van der Waals surface area (Å²) < 4.78 is 30.9. The number of anilines is 2. The molecule has 110 valence electrons. The van der Waals surface area contributed by atoms with Gasteiger partial charge in [-0.15, -0.1) is 0 Å². The Morgan fingerprint density at radius 1 is 1.24 bits per heavy atom. The van der Waals surface area contributed by atoms with Crippen molar-refractivity contribution in [2.45, 2.75) is 6.54 Å². The van der Waals surface area contributed by atoms with Crippen LogP contribution in [-0.2, 0) is 11.3 Å². The van der Waals surface area contributed by atoms with E-state index < -0.39 is 17.6 Å². The van der Waals surface area contributed by atoms with Gasteiger partial charge in [-0.05, 0) is 24.3 Å². The van der Waals surface area contributed by atoms with Gasteiger partial charge >= 0.3 is 5.97 Å². The van der Waals surface area contributed by atoms with Crippen molar-refractivity contribution < 1.29 is 18.3 Å². The quantitative estimate of drug-likeness (QED) is 0.671. The number of carbonyl (C=O) groups is 1. The van der Waals surface area contributed by atoms with Gasteiger partial charge in [0.2, 0.25) is 0 Å². The van der Waals surface area contributed by atoms with Crippen LogP contribution in [0.4, 0.5) is 20.2 Å². The van der Waals surface area contributed by atoms with Crippen LogP contribution in [0.25, 0.3) is 0 Å². The molecule has 2 aromatic rings. The Kier molecular flexibility index (Phi) is 4.37. The second-order valence-corrected chi connectivity index (χ2v) is 4.38. The molecule has 0 aliphatic carbocycles. The number of hydrogen-bond acceptors (Lipinski definition) is 4. The summed E-state index contributed by atoms with van der Waals surface area (Å²) in [6.07, 6.45) is 0. The number of benzene rings is 2. The zero-order chi connectivity index (χ0) is 15.4. The zero-order valence-corrected chi connectivity index (χ0v) is 11.3. The third-order valence-corrected chi connectivity index (χ3v) is 2.96. The zero-order valence-electron chi connectivity index (χ0n) is 11.3. The minimum atomic E-state index is -0.632. The highest BCUT2D eigenvalue weighted by molar-refractivity contribution is 5.91. The van der Waals surface area contributed by atoms with Gasteiger partial charge in [-0.25, -0.2) is 13.6 Å². The van der Waals surface area contributed by atoms with Gasteiger partial charge in [0, 0.05) is 18.2 Å². The maximum Gasteiger partial charge on any atom is 0.337 e. The second kappa shape index (κ2) is 6.21. The van der Waals surface area contributed by atoms with E-state index in [0.29, 0.717) is 22.5 Å². The molecule has 0 amide bonds. The molecule has 0 aliphatic rings. The van der Waals surface area contributed by atoms with Crippen LogP contribution in [-0.4, -0.2) is 13.1 Å². The minimum absolute atomic E-state index is 0.147. The number of nitrogen functional groups attached to an aromatic ring is 1. The van der Waals surface area contributed by atoms with E-state index in [1.807, 2.05) is 0 Å². The first-order chi connectivity index (χ1) is 10.0. The SMILES string of the molecule is COC(=O)c1ccc(NCc2ccc(F)cc2F)c(N)c1. The summed E-state index contributed by atoms with van der Waals surface area (Å²) >= 11 is 0. The Bertz CT molecular complexity index is 675. The number of ether oxygens (including phenoxy) is 1. The van der Waals surface area contributed by atoms with Gasteiger partial charge in [-0.1, -0.05) is 6.07 Å². The molecule has 2 aromatic carbocycles. The van der Waals surface area contributed by atoms with E-state index >= 15 is 0 Å². The molecule has 0 bridgehead atoms. The molecule has 4 nitrogen and oxygen atoms in total. The van der Waals surface area contributed by atoms with Crippen LogP contribution in [0.5, 0.6) is 0 Å². The van der Waals surface area contributed by atoms with Crippen LogP contribution in [0.3, 0.4) is 0 Å². The Morgan fingerprint density at radius 2 is 2.00 bits per heavy atom. The number of hydrogen-bond donors (Lipinski definition) is 2. The largest absolute Gasteiger partial charge is 0.465 e. The fourth-order valence-corrected chi connectivity index (χ4v) is 1.82. The molecule has 0 fully saturated rings. The number of nitrogens with one attached hydrogen (secondary N) is 1. The van der Waals surface area contributed by atoms with Gasteiger partial charge in [0.15, 0.2) is 0 Å². The maximum atomic E-state index is 13.5. The summed E-state index contributed by atoms with van der Waals surface area (Å²) in [4.78, 5) is 11.3. The average molecular weight is 292 g/mol. The van der Waals surface area contributed by atoms with Crippen LogP contribution in [0.15, 0.2) is 36.4 Å². The lowest BCUT2D eigenvalue weighted by molar-refractivity contribution is 0.0601. The lowest BCUT2D eigenvalue weighted by atomic mass is 10.1. The predicted octanol–water partition coefficient (Wildman–Crippen LogP) is 2.95. The van der Waals surface area contributed by atoms with Crippen molar-refractivity contribution >= 4 is 17.3 Å². The first-order valence-electron chi connectivity index (χ1n) is 6.17. The van der Waals surface area contributed by atoms with E-state index in [1.54, 1.807) is 12.1 Å². The molecule has 0 unspecified atom stereocenters. The van der Waals surface area contributed by atoms with Crippen LogP contribution in [0, 0.1) is 11.6 Å². The number of rotatable bonds is 4. The molecular weight excluding hydrogens is 278 g/mol. The van der Waals surface area contributed by atoms with E-state index in [2.05, 4.69) is 10.1 Å². The number of nitrogens with two attached hydrogens (primary N) is 1. The fourth-order valence-electron chi connectivity index (χ4n) is 1.82. The van der Waals surface area contributed by atoms with Gasteiger partial charge in [-0.3, -0.25) is 0 Å². The molecule has 0 spiro atoms. The molecule has 0 radical (unpaired) electrons. The third-order valence-electron chi connectivity index (χ3n) is 2.96. The molecule has 0 atom stereocenters. The first-order valence-corrected chi connectivity index (χ1v) is 6.17. The van der Waals surface area contributed by atoms with E-state index in [9.17, 15) is 13.6 Å². The maximum absolute atomic E-state index is 13.5. The Hall–Kier alpha value is -2.63. The summed E-state index contributed by atoms with van der Waals surface area (Å²) in [6.45, 7) is 0.147. The van der Waals surface area contributed by atoms with Gasteiger partial charge in [0.1, 0.15) is 11.6 Å². The molecular formula is C15H14F2N2O2. The van der Waals surface area contributed by atoms with Gasteiger partial charge in [-0.2, -0.15) is 0 Å². The first kappa shape index (κ1) is 14.8. The number of esters is 1. The van der Waals surface area contributed by atoms with Crippen molar-refractivity contribution in [1.29, 1.82) is 0 Å². The minimum Gasteiger partial charge on any atom is -0.465 e. The highest BCUT2D eigenvalue weighted by Crippen LogP contribution is 2.21. The molecule has 0 saturated carbocycles. The standard InChI is InChI=1S/C15H14F2N2O2/c1-21-15(20)9-3-5-14(13(18)6-9)19-8-10-2-4-11(16)7-12(10)17/h2-7,19H,8,18H2,1H3. The summed E-state index contributed by atoms with van der Waals surface area (Å²) in [6, 6.07) is 7.98. The van der Waals surface area contributed by atoms with Crippen molar-refractivity contribution in [2.75, 3.05) is 18.2 Å².